The molecule has 0 saturated carbocycles. The third kappa shape index (κ3) is 16.5. The van der Waals surface area contributed by atoms with E-state index in [1.54, 1.807) is 66.9 Å². The van der Waals surface area contributed by atoms with Crippen LogP contribution in [0, 0.1) is 17.5 Å². The summed E-state index contributed by atoms with van der Waals surface area (Å²) in [5.41, 5.74) is -0.408. The van der Waals surface area contributed by atoms with Crippen LogP contribution >= 0.6 is 0 Å². The first-order valence-electron chi connectivity index (χ1n) is 36.8. The number of amides is 1. The normalized spacial score (nSPS) is 17.5. The number of ether oxygens (including phenoxy) is 10. The number of aromatic nitrogens is 12. The van der Waals surface area contributed by atoms with E-state index in [9.17, 15) is 18.0 Å². The van der Waals surface area contributed by atoms with Crippen LogP contribution < -0.4 is 69.2 Å². The molecule has 3 aliphatic rings. The van der Waals surface area contributed by atoms with Crippen molar-refractivity contribution in [3.05, 3.63) is 179 Å². The fourth-order valence-corrected chi connectivity index (χ4v) is 14.1. The van der Waals surface area contributed by atoms with Crippen molar-refractivity contribution >= 4 is 73.6 Å². The van der Waals surface area contributed by atoms with Crippen LogP contribution in [0.4, 0.5) is 49.0 Å². The van der Waals surface area contributed by atoms with Crippen molar-refractivity contribution in [1.29, 1.82) is 0 Å². The number of halogens is 6. The van der Waals surface area contributed by atoms with Crippen LogP contribution in [0.5, 0.6) is 51.7 Å². The Morgan fingerprint density at radius 2 is 0.783 bits per heavy atom. The number of benzene rings is 7. The number of piperidine rings is 3. The number of alkyl halides is 3. The fourth-order valence-electron chi connectivity index (χ4n) is 14.1. The number of hydrogen-bond acceptors (Lipinski definition) is 25. The molecule has 16 rings (SSSR count). The van der Waals surface area contributed by atoms with Crippen molar-refractivity contribution in [1.82, 2.24) is 74.3 Å². The number of nitrogens with zero attached hydrogens (tertiary/aromatic N) is 13. The molecule has 5 N–H and O–H groups in total. The standard InChI is InChI=1S/C32H32F2N6O5.2C24H26F2N6O3/c1-42-23-11-10-21(25(16-23)43-2)17-35-30-36-27-24(14-22(33)15-26(27)44-3)28-37-29(38-40(28)30)32(34)12-7-13-39(19-32)31(41)45-18-20-8-5-4-6-9-20;2*1-33-16-6-5-14(18(11-16)34-2)12-28-23-29-20-17(9-15(25)10-19(20)35-3)21-30-22(31-32(21)23)24(26)7-4-8-27-13-24/h4-6,8-11,14-16H,7,12-13,17-19H2,1-3H3,(H,35,36);2*5-6,9-11,27H,4,7-8,12-13H2,1-3H3,(H,28,29). The van der Waals surface area contributed by atoms with E-state index in [0.29, 0.717) is 125 Å². The fraction of sp³-hybridized carbons (Fsp3) is 0.350. The molecule has 13 aromatic rings. The van der Waals surface area contributed by atoms with Crippen molar-refractivity contribution in [2.24, 2.45) is 0 Å². The minimum atomic E-state index is -2.09. The lowest BCUT2D eigenvalue weighted by Gasteiger charge is -2.34. The monoisotopic (exact) mass is 1590 g/mol. The second kappa shape index (κ2) is 34.0. The van der Waals surface area contributed by atoms with Gasteiger partial charge >= 0.3 is 6.09 Å². The van der Waals surface area contributed by atoms with Crippen molar-refractivity contribution in [2.45, 2.75) is 81.8 Å². The molecule has 3 unspecified atom stereocenters. The summed E-state index contributed by atoms with van der Waals surface area (Å²) in [7, 11) is 13.7. The largest absolute Gasteiger partial charge is 0.497 e. The van der Waals surface area contributed by atoms with Crippen LogP contribution in [-0.4, -0.2) is 173 Å². The topological polar surface area (TPSA) is 302 Å². The number of anilines is 3. The average molecular weight is 1590 g/mol. The molecule has 3 atom stereocenters. The van der Waals surface area contributed by atoms with Gasteiger partial charge in [0.05, 0.1) is 86.7 Å². The molecule has 3 fully saturated rings. The second-order valence-electron chi connectivity index (χ2n) is 27.4. The molecule has 0 radical (unpaired) electrons. The van der Waals surface area contributed by atoms with Gasteiger partial charge in [-0.3, -0.25) is 0 Å². The van der Waals surface area contributed by atoms with E-state index in [4.69, 9.17) is 47.4 Å². The van der Waals surface area contributed by atoms with Crippen LogP contribution in [0.2, 0.25) is 0 Å². The molecular formula is C80H84F6N18O11. The predicted octanol–water partition coefficient (Wildman–Crippen LogP) is 12.9. The van der Waals surface area contributed by atoms with E-state index in [-0.39, 0.29) is 102 Å². The summed E-state index contributed by atoms with van der Waals surface area (Å²) in [6, 6.07) is 33.2. The van der Waals surface area contributed by atoms with Gasteiger partial charge in [-0.25, -0.2) is 61.0 Å². The van der Waals surface area contributed by atoms with E-state index < -0.39 is 40.6 Å². The van der Waals surface area contributed by atoms with Crippen LogP contribution in [0.25, 0.3) is 49.7 Å². The predicted molar refractivity (Wildman–Crippen MR) is 415 cm³/mol. The molecule has 602 valence electrons. The SMILES string of the molecule is COc1ccc(CNc2nc3c(OC)cc(F)cc3c3nc(C4(F)CCCN(C(=O)OCc5ccccc5)C4)nn23)c(OC)c1.COc1ccc(CNc2nc3c(OC)cc(F)cc3c3nc(C4(F)CCCNC4)nn23)c(OC)c1.COc1ccc(CNc2nc3c(OC)cc(F)cc3c3nc(C4(F)CCCNC4)nn23)c(OC)c1. The van der Waals surface area contributed by atoms with Crippen LogP contribution in [-0.2, 0) is 48.0 Å². The lowest BCUT2D eigenvalue weighted by atomic mass is 9.94. The summed E-state index contributed by atoms with van der Waals surface area (Å²) in [6.07, 6.45) is 1.75. The van der Waals surface area contributed by atoms with Crippen LogP contribution in [0.3, 0.4) is 0 Å². The van der Waals surface area contributed by atoms with Gasteiger partial charge in [-0.15, -0.1) is 15.3 Å². The summed E-state index contributed by atoms with van der Waals surface area (Å²) in [6.45, 7) is 2.69. The molecule has 6 aromatic heterocycles. The number of carbonyl (C=O) groups is 1. The molecule has 35 heteroatoms. The van der Waals surface area contributed by atoms with Gasteiger partial charge in [-0.2, -0.15) is 13.5 Å². The zero-order valence-electron chi connectivity index (χ0n) is 64.4. The molecule has 0 aliphatic carbocycles. The summed E-state index contributed by atoms with van der Waals surface area (Å²) >= 11 is 0. The Morgan fingerprint density at radius 3 is 1.12 bits per heavy atom. The van der Waals surface area contributed by atoms with E-state index in [1.165, 1.54) is 76.2 Å². The van der Waals surface area contributed by atoms with Crippen LogP contribution in [0.15, 0.2) is 121 Å². The van der Waals surface area contributed by atoms with E-state index >= 15 is 13.2 Å². The molecule has 9 heterocycles. The molecule has 7 aromatic carbocycles. The van der Waals surface area contributed by atoms with Gasteiger partial charge in [0, 0.05) is 92.4 Å². The first kappa shape index (κ1) is 79.0. The number of carbonyl (C=O) groups excluding carboxylic acids is 1. The highest BCUT2D eigenvalue weighted by atomic mass is 19.2. The Balaban J connectivity index is 0.000000144. The number of likely N-dealkylation sites (tertiary alicyclic amines) is 1. The zero-order valence-corrected chi connectivity index (χ0v) is 64.4. The number of rotatable bonds is 23. The second-order valence-corrected chi connectivity index (χ2v) is 27.4. The summed E-state index contributed by atoms with van der Waals surface area (Å²) in [4.78, 5) is 41.8. The van der Waals surface area contributed by atoms with Crippen molar-refractivity contribution in [3.63, 3.8) is 0 Å². The summed E-state index contributed by atoms with van der Waals surface area (Å²) in [5.74, 6) is 3.63. The highest BCUT2D eigenvalue weighted by molar-refractivity contribution is 5.98. The van der Waals surface area contributed by atoms with Gasteiger partial charge in [0.15, 0.2) is 51.4 Å². The van der Waals surface area contributed by atoms with Crippen molar-refractivity contribution in [3.8, 4) is 51.7 Å². The maximum Gasteiger partial charge on any atom is 0.410 e. The van der Waals surface area contributed by atoms with Crippen LogP contribution in [0.1, 0.15) is 78.3 Å². The molecule has 3 saturated heterocycles. The highest BCUT2D eigenvalue weighted by Crippen LogP contribution is 2.41. The van der Waals surface area contributed by atoms with E-state index in [1.807, 2.05) is 60.7 Å². The van der Waals surface area contributed by atoms with Gasteiger partial charge in [-0.1, -0.05) is 30.3 Å². The highest BCUT2D eigenvalue weighted by Gasteiger charge is 2.44. The summed E-state index contributed by atoms with van der Waals surface area (Å²) < 4.78 is 150. The minimum Gasteiger partial charge on any atom is -0.497 e. The number of nitrogens with one attached hydrogen (secondary N) is 5. The quantitative estimate of drug-likeness (QED) is 0.0372. The van der Waals surface area contributed by atoms with Gasteiger partial charge in [0.25, 0.3) is 0 Å². The lowest BCUT2D eigenvalue weighted by Crippen LogP contribution is -2.47. The van der Waals surface area contributed by atoms with Gasteiger partial charge in [-0.05, 0) is 112 Å². The maximum atomic E-state index is 16.7. The molecule has 0 spiro atoms. The Labute approximate surface area is 654 Å². The molecule has 0 bridgehead atoms. The Bertz CT molecular complexity index is 5510. The Kier molecular flexibility index (Phi) is 23.3. The van der Waals surface area contributed by atoms with Gasteiger partial charge < -0.3 is 78.9 Å². The maximum absolute atomic E-state index is 16.7. The lowest BCUT2D eigenvalue weighted by molar-refractivity contribution is 0.0225. The Hall–Kier alpha value is -12.7. The zero-order chi connectivity index (χ0) is 80.7. The van der Waals surface area contributed by atoms with Crippen molar-refractivity contribution in [2.75, 3.05) is 119 Å². The molecule has 29 nitrogen and oxygen atoms in total. The molecule has 3 aliphatic heterocycles. The Morgan fingerprint density at radius 1 is 0.426 bits per heavy atom. The first-order valence-corrected chi connectivity index (χ1v) is 36.8. The molecule has 1 amide bonds. The van der Waals surface area contributed by atoms with E-state index in [0.717, 1.165) is 35.3 Å². The first-order chi connectivity index (χ1) is 55.7. The molecular weight excluding hydrogens is 1500 g/mol. The van der Waals surface area contributed by atoms with Gasteiger partial charge in [0.1, 0.15) is 92.4 Å². The number of methoxy groups -OCH3 is 9. The van der Waals surface area contributed by atoms with Gasteiger partial charge in [0.2, 0.25) is 17.8 Å². The minimum absolute atomic E-state index is 0.0345. The average Bonchev–Trinajstić information content (AvgIpc) is 1.62. The van der Waals surface area contributed by atoms with E-state index in [2.05, 4.69) is 71.8 Å². The molecule has 115 heavy (non-hydrogen) atoms. The van der Waals surface area contributed by atoms with Crippen molar-refractivity contribution < 1.29 is 78.5 Å². The third-order valence-corrected chi connectivity index (χ3v) is 20.1. The smallest absolute Gasteiger partial charge is 0.410 e. The number of fused-ring (bicyclic) bond motifs is 9. The summed E-state index contributed by atoms with van der Waals surface area (Å²) in [5, 5.41) is 30.4. The number of hydrogen-bond donors (Lipinski definition) is 5. The third-order valence-electron chi connectivity index (χ3n) is 20.1.